The summed E-state index contributed by atoms with van der Waals surface area (Å²) in [5.74, 6) is 0.698. The van der Waals surface area contributed by atoms with Crippen molar-refractivity contribution < 1.29 is 4.42 Å². The van der Waals surface area contributed by atoms with Gasteiger partial charge in [0.15, 0.2) is 11.0 Å². The Kier molecular flexibility index (Phi) is 2.08. The van der Waals surface area contributed by atoms with E-state index < -0.39 is 0 Å². The Morgan fingerprint density at radius 3 is 2.44 bits per heavy atom. The van der Waals surface area contributed by atoms with E-state index in [1.807, 2.05) is 13.8 Å². The van der Waals surface area contributed by atoms with E-state index in [1.54, 1.807) is 0 Å². The van der Waals surface area contributed by atoms with Crippen molar-refractivity contribution >= 4 is 22.5 Å². The Labute approximate surface area is 62.9 Å². The Balaban J connectivity index is 3.01. The lowest BCUT2D eigenvalue weighted by molar-refractivity contribution is 0.441. The highest BCUT2D eigenvalue weighted by Gasteiger charge is 2.03. The summed E-state index contributed by atoms with van der Waals surface area (Å²) in [4.78, 5) is 4.05. The number of aromatic nitrogens is 1. The molecule has 1 aromatic heterocycles. The minimum atomic E-state index is 0.698. The number of rotatable bonds is 1. The van der Waals surface area contributed by atoms with Crippen molar-refractivity contribution in [3.63, 3.8) is 0 Å². The largest absolute Gasteiger partial charge is 0.434 e. The molecule has 0 amide bonds. The van der Waals surface area contributed by atoms with E-state index in [0.29, 0.717) is 5.89 Å². The lowest BCUT2D eigenvalue weighted by Crippen LogP contribution is -1.70. The molecular weight excluding hydrogens is 154 g/mol. The van der Waals surface area contributed by atoms with Crippen molar-refractivity contribution in [1.29, 1.82) is 0 Å². The first kappa shape index (κ1) is 7.02. The van der Waals surface area contributed by atoms with Gasteiger partial charge in [-0.15, -0.1) is 11.7 Å². The molecule has 0 aliphatic rings. The van der Waals surface area contributed by atoms with Crippen molar-refractivity contribution in [2.75, 3.05) is 0 Å². The molecule has 0 fully saturated rings. The first-order valence-electron chi connectivity index (χ1n) is 2.49. The highest BCUT2D eigenvalue weighted by atomic mass is 33.1. The number of oxazole rings is 1. The van der Waals surface area contributed by atoms with Crippen molar-refractivity contribution in [2.24, 2.45) is 0 Å². The molecule has 1 rings (SSSR count). The molecule has 1 heterocycles. The molecular formula is C5H7NOS2. The van der Waals surface area contributed by atoms with Gasteiger partial charge in [0.1, 0.15) is 0 Å². The van der Waals surface area contributed by atoms with Crippen LogP contribution in [0.15, 0.2) is 9.51 Å². The van der Waals surface area contributed by atoms with Gasteiger partial charge in [-0.3, -0.25) is 0 Å². The maximum Gasteiger partial charge on any atom is 0.194 e. The van der Waals surface area contributed by atoms with Crippen molar-refractivity contribution in [1.82, 2.24) is 4.98 Å². The van der Waals surface area contributed by atoms with Crippen LogP contribution in [-0.4, -0.2) is 4.98 Å². The summed E-state index contributed by atoms with van der Waals surface area (Å²) in [6.45, 7) is 3.72. The van der Waals surface area contributed by atoms with Gasteiger partial charge in [0.25, 0.3) is 0 Å². The van der Waals surface area contributed by atoms with Gasteiger partial charge in [-0.25, -0.2) is 4.98 Å². The van der Waals surface area contributed by atoms with Gasteiger partial charge in [0, 0.05) is 6.92 Å². The quantitative estimate of drug-likeness (QED) is 0.505. The summed E-state index contributed by atoms with van der Waals surface area (Å²) < 4.78 is 5.14. The minimum absolute atomic E-state index is 0.698. The molecule has 0 radical (unpaired) electrons. The topological polar surface area (TPSA) is 26.0 Å². The molecule has 0 saturated heterocycles. The van der Waals surface area contributed by atoms with E-state index in [4.69, 9.17) is 4.42 Å². The highest BCUT2D eigenvalue weighted by Crippen LogP contribution is 2.25. The van der Waals surface area contributed by atoms with Crippen LogP contribution in [0.2, 0.25) is 0 Å². The second kappa shape index (κ2) is 2.66. The number of aryl methyl sites for hydroxylation is 2. The molecule has 0 unspecified atom stereocenters. The molecule has 0 aliphatic heterocycles. The van der Waals surface area contributed by atoms with E-state index in [-0.39, 0.29) is 0 Å². The number of hydrogen-bond acceptors (Lipinski definition) is 4. The molecule has 0 aromatic carbocycles. The maximum absolute atomic E-state index is 5.14. The van der Waals surface area contributed by atoms with Gasteiger partial charge in [-0.2, -0.15) is 0 Å². The van der Waals surface area contributed by atoms with Crippen LogP contribution >= 0.6 is 22.5 Å². The van der Waals surface area contributed by atoms with Gasteiger partial charge < -0.3 is 4.42 Å². The highest BCUT2D eigenvalue weighted by molar-refractivity contribution is 8.68. The summed E-state index contributed by atoms with van der Waals surface area (Å²) in [7, 11) is 1.28. The van der Waals surface area contributed by atoms with E-state index in [9.17, 15) is 0 Å². The molecule has 0 atom stereocenters. The van der Waals surface area contributed by atoms with E-state index in [0.717, 1.165) is 10.8 Å². The Morgan fingerprint density at radius 1 is 1.56 bits per heavy atom. The fraction of sp³-hybridized carbons (Fsp3) is 0.400. The predicted octanol–water partition coefficient (Wildman–Crippen LogP) is 2.23. The number of nitrogens with zero attached hydrogens (tertiary/aromatic N) is 1. The van der Waals surface area contributed by atoms with Crippen LogP contribution in [0.25, 0.3) is 0 Å². The minimum Gasteiger partial charge on any atom is -0.434 e. The maximum atomic E-state index is 5.14. The van der Waals surface area contributed by atoms with Gasteiger partial charge in [0.2, 0.25) is 0 Å². The van der Waals surface area contributed by atoms with Crippen LogP contribution < -0.4 is 0 Å². The van der Waals surface area contributed by atoms with Gasteiger partial charge in [-0.1, -0.05) is 0 Å². The Bertz CT molecular complexity index is 209. The molecule has 4 heteroatoms. The molecule has 0 aliphatic carbocycles. The lowest BCUT2D eigenvalue weighted by atomic mass is 10.6. The third-order valence-corrected chi connectivity index (χ3v) is 1.99. The van der Waals surface area contributed by atoms with Crippen molar-refractivity contribution in [3.8, 4) is 0 Å². The predicted molar refractivity (Wildman–Crippen MR) is 40.8 cm³/mol. The molecule has 0 N–H and O–H groups in total. The Hall–Kier alpha value is -0.0900. The summed E-state index contributed by atoms with van der Waals surface area (Å²) >= 11 is 3.98. The third kappa shape index (κ3) is 1.43. The zero-order valence-corrected chi connectivity index (χ0v) is 6.92. The van der Waals surface area contributed by atoms with Crippen molar-refractivity contribution in [2.45, 2.75) is 18.9 Å². The van der Waals surface area contributed by atoms with E-state index in [2.05, 4.69) is 16.6 Å². The molecule has 1 aromatic rings. The average molecular weight is 161 g/mol. The molecule has 50 valence electrons. The van der Waals surface area contributed by atoms with Gasteiger partial charge in [0.05, 0.1) is 5.69 Å². The van der Waals surface area contributed by atoms with Crippen molar-refractivity contribution in [3.05, 3.63) is 11.6 Å². The Morgan fingerprint density at radius 2 is 2.22 bits per heavy atom. The summed E-state index contributed by atoms with van der Waals surface area (Å²) in [6, 6.07) is 0. The van der Waals surface area contributed by atoms with Crippen LogP contribution in [0.4, 0.5) is 0 Å². The van der Waals surface area contributed by atoms with Crippen LogP contribution in [0, 0.1) is 13.8 Å². The van der Waals surface area contributed by atoms with Crippen LogP contribution in [0.3, 0.4) is 0 Å². The first-order valence-corrected chi connectivity index (χ1v) is 4.36. The zero-order chi connectivity index (χ0) is 6.85. The molecule has 9 heavy (non-hydrogen) atoms. The first-order chi connectivity index (χ1) is 4.24. The second-order valence-corrected chi connectivity index (χ2v) is 2.80. The summed E-state index contributed by atoms with van der Waals surface area (Å²) in [5.41, 5.74) is 0.910. The fourth-order valence-electron chi connectivity index (χ4n) is 0.597. The van der Waals surface area contributed by atoms with Crippen LogP contribution in [-0.2, 0) is 0 Å². The van der Waals surface area contributed by atoms with Crippen LogP contribution in [0.5, 0.6) is 0 Å². The monoisotopic (exact) mass is 161 g/mol. The molecule has 0 spiro atoms. The normalized spacial score (nSPS) is 10.1. The average Bonchev–Trinajstić information content (AvgIpc) is 2.10. The standard InChI is InChI=1S/C5H7NOS2/c1-3-5(9-8)7-4(2)6-3/h8H,1-2H3. The SMILES string of the molecule is Cc1nc(C)c(SS)o1. The van der Waals surface area contributed by atoms with Crippen LogP contribution in [0.1, 0.15) is 11.6 Å². The lowest BCUT2D eigenvalue weighted by Gasteiger charge is -1.83. The smallest absolute Gasteiger partial charge is 0.194 e. The third-order valence-electron chi connectivity index (χ3n) is 0.944. The molecule has 2 nitrogen and oxygen atoms in total. The van der Waals surface area contributed by atoms with E-state index >= 15 is 0 Å². The van der Waals surface area contributed by atoms with E-state index in [1.165, 1.54) is 10.8 Å². The molecule has 0 bridgehead atoms. The molecule has 0 saturated carbocycles. The number of thiol groups is 1. The summed E-state index contributed by atoms with van der Waals surface area (Å²) in [5, 5.41) is 0.788. The van der Waals surface area contributed by atoms with Gasteiger partial charge >= 0.3 is 0 Å². The fourth-order valence-corrected chi connectivity index (χ4v) is 1.44. The number of hydrogen-bond donors (Lipinski definition) is 1. The zero-order valence-electron chi connectivity index (χ0n) is 5.21. The van der Waals surface area contributed by atoms with Gasteiger partial charge in [-0.05, 0) is 17.7 Å². The second-order valence-electron chi connectivity index (χ2n) is 1.70. The summed E-state index contributed by atoms with van der Waals surface area (Å²) in [6.07, 6.45) is 0.